The van der Waals surface area contributed by atoms with Crippen LogP contribution < -0.4 is 0 Å². The fourth-order valence-electron chi connectivity index (χ4n) is 1.87. The van der Waals surface area contributed by atoms with Gasteiger partial charge >= 0.3 is 11.9 Å². The monoisotopic (exact) mass is 320 g/mol. The quantitative estimate of drug-likeness (QED) is 0.346. The van der Waals surface area contributed by atoms with Crippen LogP contribution in [0.3, 0.4) is 0 Å². The van der Waals surface area contributed by atoms with E-state index < -0.39 is 29.2 Å². The molecule has 0 fully saturated rings. The molecule has 1 aromatic carbocycles. The van der Waals surface area contributed by atoms with Gasteiger partial charge in [-0.2, -0.15) is 0 Å². The summed E-state index contributed by atoms with van der Waals surface area (Å²) in [5.74, 6) is -2.99. The summed E-state index contributed by atoms with van der Waals surface area (Å²) in [6.07, 6.45) is 0.252. The fraction of sp³-hybridized carbons (Fsp3) is 0.412. The summed E-state index contributed by atoms with van der Waals surface area (Å²) >= 11 is 0. The molecule has 0 aliphatic carbocycles. The Balaban J connectivity index is 2.99. The van der Waals surface area contributed by atoms with Crippen LogP contribution in [0.1, 0.15) is 47.9 Å². The van der Waals surface area contributed by atoms with Gasteiger partial charge in [0, 0.05) is 12.0 Å². The van der Waals surface area contributed by atoms with Gasteiger partial charge in [0.1, 0.15) is 17.8 Å². The van der Waals surface area contributed by atoms with Crippen LogP contribution in [0.25, 0.3) is 0 Å². The van der Waals surface area contributed by atoms with E-state index in [1.54, 1.807) is 20.8 Å². The number of hydrogen-bond acceptors (Lipinski definition) is 6. The topological polar surface area (TPSA) is 86.7 Å². The highest BCUT2D eigenvalue weighted by atomic mass is 16.6. The van der Waals surface area contributed by atoms with Gasteiger partial charge < -0.3 is 14.3 Å². The molecule has 1 aromatic rings. The van der Waals surface area contributed by atoms with Crippen molar-refractivity contribution in [3.05, 3.63) is 35.4 Å². The van der Waals surface area contributed by atoms with Crippen molar-refractivity contribution in [1.82, 2.24) is 0 Å². The third kappa shape index (κ3) is 5.32. The minimum Gasteiger partial charge on any atom is -0.465 e. The Morgan fingerprint density at radius 2 is 1.61 bits per heavy atom. The predicted molar refractivity (Wildman–Crippen MR) is 82.1 cm³/mol. The number of esters is 2. The number of ether oxygens (including phenoxy) is 2. The van der Waals surface area contributed by atoms with Crippen molar-refractivity contribution in [1.29, 1.82) is 0 Å². The Hall–Kier alpha value is -2.50. The van der Waals surface area contributed by atoms with Crippen molar-refractivity contribution in [2.24, 2.45) is 5.92 Å². The minimum atomic E-state index is -1.20. The lowest BCUT2D eigenvalue weighted by Crippen LogP contribution is -2.33. The van der Waals surface area contributed by atoms with E-state index in [1.165, 1.54) is 31.4 Å². The van der Waals surface area contributed by atoms with Crippen LogP contribution in [0.5, 0.6) is 0 Å². The first kappa shape index (κ1) is 18.5. The van der Waals surface area contributed by atoms with E-state index in [-0.39, 0.29) is 17.5 Å². The van der Waals surface area contributed by atoms with Gasteiger partial charge in [0.05, 0.1) is 12.7 Å². The maximum atomic E-state index is 12.4. The molecule has 0 aliphatic rings. The summed E-state index contributed by atoms with van der Waals surface area (Å²) in [6.45, 7) is 5.04. The van der Waals surface area contributed by atoms with Gasteiger partial charge in [0.25, 0.3) is 0 Å². The van der Waals surface area contributed by atoms with Crippen molar-refractivity contribution in [3.8, 4) is 0 Å². The molecule has 0 spiro atoms. The zero-order chi connectivity index (χ0) is 17.6. The standard InChI is InChI=1S/C17H20O6/c1-17(2,3)23-16(21)13(9-10-18)14(19)11-5-7-12(8-6-11)15(20)22-4/h5-8,10,13H,9H2,1-4H3. The van der Waals surface area contributed by atoms with Crippen molar-refractivity contribution in [3.63, 3.8) is 0 Å². The van der Waals surface area contributed by atoms with Crippen LogP contribution in [0.15, 0.2) is 24.3 Å². The van der Waals surface area contributed by atoms with Gasteiger partial charge in [-0.1, -0.05) is 12.1 Å². The zero-order valence-corrected chi connectivity index (χ0v) is 13.6. The summed E-state index contributed by atoms with van der Waals surface area (Å²) < 4.78 is 9.75. The van der Waals surface area contributed by atoms with E-state index in [2.05, 4.69) is 4.74 Å². The summed E-state index contributed by atoms with van der Waals surface area (Å²) in [4.78, 5) is 46.7. The molecule has 0 saturated heterocycles. The molecular weight excluding hydrogens is 300 g/mol. The Morgan fingerprint density at radius 3 is 2.04 bits per heavy atom. The largest absolute Gasteiger partial charge is 0.465 e. The SMILES string of the molecule is COC(=O)c1ccc(C(=O)C(CC=O)C(=O)OC(C)(C)C)cc1. The number of carbonyl (C=O) groups is 4. The first-order valence-corrected chi connectivity index (χ1v) is 7.08. The van der Waals surface area contributed by atoms with Crippen LogP contribution >= 0.6 is 0 Å². The highest BCUT2D eigenvalue weighted by Gasteiger charge is 2.31. The predicted octanol–water partition coefficient (Wildman–Crippen LogP) is 2.20. The molecule has 1 atom stereocenters. The molecule has 0 N–H and O–H groups in total. The molecule has 124 valence electrons. The smallest absolute Gasteiger partial charge is 0.337 e. The Labute approximate surface area is 134 Å². The highest BCUT2D eigenvalue weighted by molar-refractivity contribution is 6.10. The van der Waals surface area contributed by atoms with Crippen molar-refractivity contribution >= 4 is 24.0 Å². The van der Waals surface area contributed by atoms with Gasteiger partial charge in [0.15, 0.2) is 5.78 Å². The maximum Gasteiger partial charge on any atom is 0.337 e. The van der Waals surface area contributed by atoms with E-state index in [9.17, 15) is 19.2 Å². The summed E-state index contributed by atoms with van der Waals surface area (Å²) in [5.41, 5.74) is -0.253. The van der Waals surface area contributed by atoms with Crippen molar-refractivity contribution in [2.45, 2.75) is 32.8 Å². The van der Waals surface area contributed by atoms with Gasteiger partial charge in [-0.25, -0.2) is 4.79 Å². The van der Waals surface area contributed by atoms with E-state index in [0.29, 0.717) is 6.29 Å². The van der Waals surface area contributed by atoms with Crippen LogP contribution in [-0.4, -0.2) is 36.7 Å². The third-order valence-electron chi connectivity index (χ3n) is 2.93. The number of carbonyl (C=O) groups excluding carboxylic acids is 4. The Morgan fingerprint density at radius 1 is 1.09 bits per heavy atom. The fourth-order valence-corrected chi connectivity index (χ4v) is 1.87. The van der Waals surface area contributed by atoms with Gasteiger partial charge in [-0.15, -0.1) is 0 Å². The number of hydrogen-bond donors (Lipinski definition) is 0. The Bertz CT molecular complexity index is 595. The first-order valence-electron chi connectivity index (χ1n) is 7.08. The Kier molecular flexibility index (Phi) is 6.18. The molecule has 0 radical (unpaired) electrons. The molecule has 0 saturated carbocycles. The van der Waals surface area contributed by atoms with Crippen molar-refractivity contribution in [2.75, 3.05) is 7.11 Å². The van der Waals surface area contributed by atoms with E-state index in [0.717, 1.165) is 0 Å². The lowest BCUT2D eigenvalue weighted by molar-refractivity contribution is -0.158. The van der Waals surface area contributed by atoms with E-state index in [1.807, 2.05) is 0 Å². The lowest BCUT2D eigenvalue weighted by atomic mass is 9.94. The number of rotatable bonds is 6. The number of ketones is 1. The first-order chi connectivity index (χ1) is 10.7. The average Bonchev–Trinajstić information content (AvgIpc) is 2.49. The van der Waals surface area contributed by atoms with Crippen LogP contribution in [0.2, 0.25) is 0 Å². The number of benzene rings is 1. The number of methoxy groups -OCH3 is 1. The second-order valence-electron chi connectivity index (χ2n) is 5.92. The highest BCUT2D eigenvalue weighted by Crippen LogP contribution is 2.18. The molecule has 1 unspecified atom stereocenters. The van der Waals surface area contributed by atoms with Crippen LogP contribution in [0, 0.1) is 5.92 Å². The molecule has 23 heavy (non-hydrogen) atoms. The number of Topliss-reactive ketones (excluding diaryl/α,β-unsaturated/α-hetero) is 1. The van der Waals surface area contributed by atoms with Crippen LogP contribution in [0.4, 0.5) is 0 Å². The lowest BCUT2D eigenvalue weighted by Gasteiger charge is -2.22. The van der Waals surface area contributed by atoms with Crippen LogP contribution in [-0.2, 0) is 19.1 Å². The van der Waals surface area contributed by atoms with Gasteiger partial charge in [-0.3, -0.25) is 9.59 Å². The van der Waals surface area contributed by atoms with Gasteiger partial charge in [0.2, 0.25) is 0 Å². The maximum absolute atomic E-state index is 12.4. The molecular formula is C17H20O6. The van der Waals surface area contributed by atoms with E-state index in [4.69, 9.17) is 4.74 Å². The summed E-state index contributed by atoms with van der Waals surface area (Å²) in [5, 5.41) is 0. The normalized spacial score (nSPS) is 12.2. The molecule has 0 heterocycles. The van der Waals surface area contributed by atoms with E-state index >= 15 is 0 Å². The molecule has 0 bridgehead atoms. The molecule has 1 rings (SSSR count). The second-order valence-corrected chi connectivity index (χ2v) is 5.92. The molecule has 0 aromatic heterocycles. The zero-order valence-electron chi connectivity index (χ0n) is 13.6. The number of aldehydes is 1. The van der Waals surface area contributed by atoms with Crippen molar-refractivity contribution < 1.29 is 28.7 Å². The van der Waals surface area contributed by atoms with Gasteiger partial charge in [-0.05, 0) is 32.9 Å². The summed E-state index contributed by atoms with van der Waals surface area (Å²) in [6, 6.07) is 5.67. The second kappa shape index (κ2) is 7.67. The summed E-state index contributed by atoms with van der Waals surface area (Å²) in [7, 11) is 1.25. The third-order valence-corrected chi connectivity index (χ3v) is 2.93. The average molecular weight is 320 g/mol. The molecule has 6 nitrogen and oxygen atoms in total. The molecule has 0 aliphatic heterocycles. The minimum absolute atomic E-state index is 0.218. The molecule has 0 amide bonds. The molecule has 6 heteroatoms.